The number of nitrogens with one attached hydrogen (secondary N) is 1. The molecular formula is C22H26FN3O2. The fourth-order valence-electron chi connectivity index (χ4n) is 3.40. The number of aromatic nitrogens is 1. The molecule has 0 spiro atoms. The number of nitrogens with zero attached hydrogens (tertiary/aromatic N) is 1. The quantitative estimate of drug-likeness (QED) is 0.695. The van der Waals surface area contributed by atoms with E-state index in [0.717, 1.165) is 36.0 Å². The number of carbonyl (C=O) groups is 2. The van der Waals surface area contributed by atoms with Crippen molar-refractivity contribution >= 4 is 11.8 Å². The maximum atomic E-state index is 13.2. The summed E-state index contributed by atoms with van der Waals surface area (Å²) in [6.45, 7) is 1.99. The monoisotopic (exact) mass is 383 g/mol. The SMILES string of the molecule is CCC[C@@H](CC(N)=O)NC(=O)c1ncc(C2CC2)cc1Cc1ccc(F)cc1. The molecule has 0 radical (unpaired) electrons. The minimum absolute atomic E-state index is 0.104. The van der Waals surface area contributed by atoms with Crippen molar-refractivity contribution in [2.24, 2.45) is 5.73 Å². The highest BCUT2D eigenvalue weighted by atomic mass is 19.1. The van der Waals surface area contributed by atoms with Crippen LogP contribution in [0, 0.1) is 5.82 Å². The first-order valence-corrected chi connectivity index (χ1v) is 9.78. The van der Waals surface area contributed by atoms with E-state index >= 15 is 0 Å². The lowest BCUT2D eigenvalue weighted by molar-refractivity contribution is -0.118. The second-order valence-corrected chi connectivity index (χ2v) is 7.48. The Morgan fingerprint density at radius 2 is 2.00 bits per heavy atom. The number of hydrogen-bond donors (Lipinski definition) is 2. The van der Waals surface area contributed by atoms with Gasteiger partial charge >= 0.3 is 0 Å². The van der Waals surface area contributed by atoms with E-state index in [1.165, 1.54) is 12.1 Å². The van der Waals surface area contributed by atoms with Gasteiger partial charge in [-0.05, 0) is 60.4 Å². The second kappa shape index (κ2) is 8.95. The molecule has 28 heavy (non-hydrogen) atoms. The van der Waals surface area contributed by atoms with E-state index < -0.39 is 5.91 Å². The van der Waals surface area contributed by atoms with Crippen LogP contribution in [0.1, 0.15) is 72.1 Å². The topological polar surface area (TPSA) is 85.1 Å². The molecule has 148 valence electrons. The maximum Gasteiger partial charge on any atom is 0.270 e. The second-order valence-electron chi connectivity index (χ2n) is 7.48. The van der Waals surface area contributed by atoms with E-state index in [2.05, 4.69) is 10.3 Å². The van der Waals surface area contributed by atoms with Crippen LogP contribution >= 0.6 is 0 Å². The molecule has 1 heterocycles. The Labute approximate surface area is 164 Å². The summed E-state index contributed by atoms with van der Waals surface area (Å²) in [6, 6.07) is 7.99. The van der Waals surface area contributed by atoms with Gasteiger partial charge in [-0.3, -0.25) is 14.6 Å². The Balaban J connectivity index is 1.84. The molecule has 1 aromatic carbocycles. The summed E-state index contributed by atoms with van der Waals surface area (Å²) in [5, 5.41) is 2.90. The highest BCUT2D eigenvalue weighted by Gasteiger charge is 2.26. The van der Waals surface area contributed by atoms with Crippen molar-refractivity contribution in [3.05, 3.63) is 64.7 Å². The molecule has 0 saturated heterocycles. The first kappa shape index (κ1) is 20.0. The third-order valence-electron chi connectivity index (χ3n) is 4.98. The largest absolute Gasteiger partial charge is 0.370 e. The number of nitrogens with two attached hydrogens (primary N) is 1. The predicted molar refractivity (Wildman–Crippen MR) is 105 cm³/mol. The molecule has 1 aromatic heterocycles. The number of hydrogen-bond acceptors (Lipinski definition) is 3. The zero-order valence-corrected chi connectivity index (χ0v) is 16.1. The lowest BCUT2D eigenvalue weighted by atomic mass is 9.99. The molecule has 3 N–H and O–H groups in total. The molecule has 1 aliphatic carbocycles. The number of pyridine rings is 1. The van der Waals surface area contributed by atoms with Crippen LogP contribution in [0.2, 0.25) is 0 Å². The molecule has 0 unspecified atom stereocenters. The zero-order valence-electron chi connectivity index (χ0n) is 16.1. The summed E-state index contributed by atoms with van der Waals surface area (Å²) >= 11 is 0. The van der Waals surface area contributed by atoms with Gasteiger partial charge in [0.05, 0.1) is 0 Å². The van der Waals surface area contributed by atoms with Gasteiger partial charge < -0.3 is 11.1 Å². The molecule has 1 aliphatic rings. The van der Waals surface area contributed by atoms with Crippen LogP contribution in [-0.2, 0) is 11.2 Å². The van der Waals surface area contributed by atoms with Crippen molar-refractivity contribution in [3.63, 3.8) is 0 Å². The van der Waals surface area contributed by atoms with E-state index in [1.54, 1.807) is 18.3 Å². The van der Waals surface area contributed by atoms with Gasteiger partial charge in [-0.15, -0.1) is 0 Å². The number of rotatable bonds is 9. The van der Waals surface area contributed by atoms with Gasteiger partial charge in [0.25, 0.3) is 5.91 Å². The van der Waals surface area contributed by atoms with Gasteiger partial charge in [0.15, 0.2) is 0 Å². The van der Waals surface area contributed by atoms with Gasteiger partial charge in [0, 0.05) is 18.7 Å². The highest BCUT2D eigenvalue weighted by molar-refractivity contribution is 5.94. The highest BCUT2D eigenvalue weighted by Crippen LogP contribution is 2.40. The van der Waals surface area contributed by atoms with Crippen LogP contribution in [0.4, 0.5) is 4.39 Å². The van der Waals surface area contributed by atoms with E-state index in [0.29, 0.717) is 24.5 Å². The third kappa shape index (κ3) is 5.38. The van der Waals surface area contributed by atoms with E-state index in [4.69, 9.17) is 5.73 Å². The van der Waals surface area contributed by atoms with Gasteiger partial charge in [-0.2, -0.15) is 0 Å². The van der Waals surface area contributed by atoms with Crippen LogP contribution in [0.25, 0.3) is 0 Å². The van der Waals surface area contributed by atoms with Gasteiger partial charge in [-0.25, -0.2) is 4.39 Å². The molecule has 1 atom stereocenters. The maximum absolute atomic E-state index is 13.2. The normalized spacial score (nSPS) is 14.5. The van der Waals surface area contributed by atoms with Crippen LogP contribution in [0.15, 0.2) is 36.5 Å². The number of carbonyl (C=O) groups excluding carboxylic acids is 2. The summed E-state index contributed by atoms with van der Waals surface area (Å²) < 4.78 is 13.2. The summed E-state index contributed by atoms with van der Waals surface area (Å²) in [5.74, 6) is -0.527. The van der Waals surface area contributed by atoms with Crippen LogP contribution in [0.5, 0.6) is 0 Å². The number of amides is 2. The average Bonchev–Trinajstić information content (AvgIpc) is 3.48. The Hall–Kier alpha value is -2.76. The van der Waals surface area contributed by atoms with Gasteiger partial charge in [-0.1, -0.05) is 31.5 Å². The fraction of sp³-hybridized carbons (Fsp3) is 0.409. The molecule has 1 fully saturated rings. The smallest absolute Gasteiger partial charge is 0.270 e. The summed E-state index contributed by atoms with van der Waals surface area (Å²) in [6.07, 6.45) is 6.14. The van der Waals surface area contributed by atoms with E-state index in [9.17, 15) is 14.0 Å². The minimum atomic E-state index is -0.442. The van der Waals surface area contributed by atoms with Crippen molar-refractivity contribution < 1.29 is 14.0 Å². The zero-order chi connectivity index (χ0) is 20.1. The van der Waals surface area contributed by atoms with Crippen LogP contribution < -0.4 is 11.1 Å². The molecule has 6 heteroatoms. The summed E-state index contributed by atoms with van der Waals surface area (Å²) in [4.78, 5) is 28.6. The Morgan fingerprint density at radius 3 is 2.61 bits per heavy atom. The number of primary amides is 1. The standard InChI is InChI=1S/C22H26FN3O2/c1-2-3-19(12-20(24)27)26-22(28)21-16(10-14-4-8-18(23)9-5-14)11-17(13-25-21)15-6-7-15/h4-5,8-9,11,13,15,19H,2-3,6-7,10,12H2,1H3,(H2,24,27)(H,26,28)/t19-/m0/s1. The molecular weight excluding hydrogens is 357 g/mol. The lowest BCUT2D eigenvalue weighted by Crippen LogP contribution is -2.38. The molecule has 2 amide bonds. The Morgan fingerprint density at radius 1 is 1.29 bits per heavy atom. The Kier molecular flexibility index (Phi) is 6.39. The van der Waals surface area contributed by atoms with Crippen molar-refractivity contribution in [2.45, 2.75) is 57.4 Å². The summed E-state index contributed by atoms with van der Waals surface area (Å²) in [5.41, 5.74) is 8.51. The predicted octanol–water partition coefficient (Wildman–Crippen LogP) is 3.46. The molecule has 3 rings (SSSR count). The van der Waals surface area contributed by atoms with Crippen LogP contribution in [-0.4, -0.2) is 22.8 Å². The van der Waals surface area contributed by atoms with Gasteiger partial charge in [0.2, 0.25) is 5.91 Å². The number of halogens is 1. The number of benzene rings is 1. The molecule has 0 aliphatic heterocycles. The molecule has 5 nitrogen and oxygen atoms in total. The molecule has 2 aromatic rings. The minimum Gasteiger partial charge on any atom is -0.370 e. The Bertz CT molecular complexity index is 847. The summed E-state index contributed by atoms with van der Waals surface area (Å²) in [7, 11) is 0. The van der Waals surface area contributed by atoms with Crippen molar-refractivity contribution in [1.82, 2.24) is 10.3 Å². The first-order chi connectivity index (χ1) is 13.5. The van der Waals surface area contributed by atoms with Crippen molar-refractivity contribution in [3.8, 4) is 0 Å². The van der Waals surface area contributed by atoms with Crippen molar-refractivity contribution in [1.29, 1.82) is 0 Å². The van der Waals surface area contributed by atoms with Gasteiger partial charge in [0.1, 0.15) is 11.5 Å². The molecule has 0 bridgehead atoms. The van der Waals surface area contributed by atoms with Crippen molar-refractivity contribution in [2.75, 3.05) is 0 Å². The first-order valence-electron chi connectivity index (χ1n) is 9.78. The van der Waals surface area contributed by atoms with E-state index in [-0.39, 0.29) is 24.2 Å². The fourth-order valence-corrected chi connectivity index (χ4v) is 3.40. The van der Waals surface area contributed by atoms with Crippen LogP contribution in [0.3, 0.4) is 0 Å². The average molecular weight is 383 g/mol. The molecule has 1 saturated carbocycles. The third-order valence-corrected chi connectivity index (χ3v) is 4.98. The van der Waals surface area contributed by atoms with E-state index in [1.807, 2.05) is 13.0 Å². The lowest BCUT2D eigenvalue weighted by Gasteiger charge is -2.18.